The Balaban J connectivity index is 3.00. The van der Waals surface area contributed by atoms with E-state index in [1.165, 1.54) is 6.20 Å². The molecule has 1 rings (SSSR count). The van der Waals surface area contributed by atoms with Crippen LogP contribution >= 0.6 is 0 Å². The van der Waals surface area contributed by atoms with Gasteiger partial charge < -0.3 is 9.67 Å². The van der Waals surface area contributed by atoms with E-state index in [2.05, 4.69) is 9.71 Å². The zero-order valence-corrected chi connectivity index (χ0v) is 10.7. The van der Waals surface area contributed by atoms with E-state index in [0.717, 1.165) is 0 Å². The number of aromatic nitrogens is 2. The molecule has 0 aliphatic rings. The van der Waals surface area contributed by atoms with E-state index in [9.17, 15) is 13.2 Å². The van der Waals surface area contributed by atoms with Crippen LogP contribution in [0.4, 0.5) is 0 Å². The summed E-state index contributed by atoms with van der Waals surface area (Å²) in [4.78, 5) is 14.6. The molecule has 0 aromatic carbocycles. The maximum Gasteiger partial charge on any atom is 0.321 e. The van der Waals surface area contributed by atoms with Crippen molar-refractivity contribution in [1.82, 2.24) is 14.3 Å². The third kappa shape index (κ3) is 3.04. The van der Waals surface area contributed by atoms with E-state index in [1.807, 2.05) is 0 Å². The van der Waals surface area contributed by atoms with Gasteiger partial charge in [-0.1, -0.05) is 6.92 Å². The van der Waals surface area contributed by atoms with Crippen molar-refractivity contribution in [2.75, 3.05) is 0 Å². The minimum atomic E-state index is -3.88. The maximum absolute atomic E-state index is 11.8. The number of hydrogen-bond acceptors (Lipinski definition) is 4. The van der Waals surface area contributed by atoms with Gasteiger partial charge in [0.05, 0.1) is 0 Å². The van der Waals surface area contributed by atoms with Crippen molar-refractivity contribution < 1.29 is 18.3 Å². The fraction of sp³-hybridized carbons (Fsp3) is 0.556. The number of imidazole rings is 1. The molecule has 1 aromatic rings. The summed E-state index contributed by atoms with van der Waals surface area (Å²) in [5, 5.41) is 8.62. The minimum Gasteiger partial charge on any atom is -0.480 e. The molecule has 0 aliphatic carbocycles. The standard InChI is InChI=1S/C9H15N3O4S/c1-4-7(9(13)14)11-17(15,16)8-5-12(3)6(2)10-8/h5,7,11H,4H2,1-3H3,(H,13,14)/t7-/m1/s1. The molecule has 1 heterocycles. The minimum absolute atomic E-state index is 0.167. The smallest absolute Gasteiger partial charge is 0.321 e. The summed E-state index contributed by atoms with van der Waals surface area (Å²) < 4.78 is 27.3. The van der Waals surface area contributed by atoms with Crippen LogP contribution in [0.2, 0.25) is 0 Å². The quantitative estimate of drug-likeness (QED) is 0.768. The fourth-order valence-corrected chi connectivity index (χ4v) is 2.52. The Morgan fingerprint density at radius 3 is 2.59 bits per heavy atom. The Hall–Kier alpha value is -1.41. The Kier molecular flexibility index (Phi) is 3.89. The van der Waals surface area contributed by atoms with Crippen LogP contribution in [0.5, 0.6) is 0 Å². The number of nitrogens with one attached hydrogen (secondary N) is 1. The average molecular weight is 261 g/mol. The highest BCUT2D eigenvalue weighted by Gasteiger charge is 2.25. The Bertz CT molecular complexity index is 501. The van der Waals surface area contributed by atoms with Gasteiger partial charge in [0.1, 0.15) is 11.9 Å². The Morgan fingerprint density at radius 1 is 1.65 bits per heavy atom. The van der Waals surface area contributed by atoms with Crippen LogP contribution in [-0.2, 0) is 21.9 Å². The number of aryl methyl sites for hydroxylation is 2. The van der Waals surface area contributed by atoms with Gasteiger partial charge in [0, 0.05) is 13.2 Å². The summed E-state index contributed by atoms with van der Waals surface area (Å²) in [5.74, 6) is -0.669. The molecule has 0 aliphatic heterocycles. The largest absolute Gasteiger partial charge is 0.480 e. The molecule has 0 fully saturated rings. The predicted molar refractivity (Wildman–Crippen MR) is 60.0 cm³/mol. The van der Waals surface area contributed by atoms with Crippen molar-refractivity contribution in [3.8, 4) is 0 Å². The lowest BCUT2D eigenvalue weighted by Gasteiger charge is -2.10. The molecule has 0 spiro atoms. The van der Waals surface area contributed by atoms with Crippen LogP contribution in [0.25, 0.3) is 0 Å². The van der Waals surface area contributed by atoms with Crippen LogP contribution in [-0.4, -0.2) is 35.1 Å². The molecule has 0 amide bonds. The molecule has 8 heteroatoms. The molecular formula is C9H15N3O4S. The molecular weight excluding hydrogens is 246 g/mol. The fourth-order valence-electron chi connectivity index (χ4n) is 1.21. The van der Waals surface area contributed by atoms with Crippen LogP contribution in [0.15, 0.2) is 11.2 Å². The lowest BCUT2D eigenvalue weighted by atomic mass is 10.2. The number of sulfonamides is 1. The number of aliphatic carboxylic acids is 1. The first kappa shape index (κ1) is 13.7. The van der Waals surface area contributed by atoms with Crippen LogP contribution in [0.3, 0.4) is 0 Å². The molecule has 1 aromatic heterocycles. The summed E-state index contributed by atoms with van der Waals surface area (Å²) in [5.41, 5.74) is 0. The third-order valence-corrected chi connectivity index (χ3v) is 3.71. The van der Waals surface area contributed by atoms with Gasteiger partial charge in [-0.15, -0.1) is 0 Å². The van der Waals surface area contributed by atoms with Crippen LogP contribution in [0, 0.1) is 6.92 Å². The number of carbonyl (C=O) groups is 1. The van der Waals surface area contributed by atoms with E-state index < -0.39 is 22.0 Å². The van der Waals surface area contributed by atoms with Gasteiger partial charge in [-0.25, -0.2) is 13.4 Å². The number of carboxylic acid groups (broad SMARTS) is 1. The molecule has 0 bridgehead atoms. The highest BCUT2D eigenvalue weighted by Crippen LogP contribution is 2.09. The highest BCUT2D eigenvalue weighted by atomic mass is 32.2. The molecule has 7 nitrogen and oxygen atoms in total. The number of nitrogens with zero attached hydrogens (tertiary/aromatic N) is 2. The SMILES string of the molecule is CC[C@@H](NS(=O)(=O)c1cn(C)c(C)n1)C(=O)O. The summed E-state index contributed by atoms with van der Waals surface area (Å²) in [6.07, 6.45) is 1.51. The van der Waals surface area contributed by atoms with Gasteiger partial charge in [-0.2, -0.15) is 4.72 Å². The van der Waals surface area contributed by atoms with Crippen molar-refractivity contribution in [2.24, 2.45) is 7.05 Å². The first-order chi connectivity index (χ1) is 7.77. The topological polar surface area (TPSA) is 101 Å². The summed E-state index contributed by atoms with van der Waals surface area (Å²) in [6.45, 7) is 3.25. The first-order valence-corrected chi connectivity index (χ1v) is 6.51. The zero-order valence-electron chi connectivity index (χ0n) is 9.84. The second-order valence-electron chi connectivity index (χ2n) is 3.66. The maximum atomic E-state index is 11.8. The van der Waals surface area contributed by atoms with E-state index in [4.69, 9.17) is 5.11 Å². The number of hydrogen-bond donors (Lipinski definition) is 2. The predicted octanol–water partition coefficient (Wildman–Crippen LogP) is -0.130. The summed E-state index contributed by atoms with van der Waals surface area (Å²) >= 11 is 0. The van der Waals surface area contributed by atoms with Crippen molar-refractivity contribution in [1.29, 1.82) is 0 Å². The van der Waals surface area contributed by atoms with Crippen molar-refractivity contribution >= 4 is 16.0 Å². The van der Waals surface area contributed by atoms with Gasteiger partial charge in [0.2, 0.25) is 0 Å². The molecule has 0 saturated heterocycles. The third-order valence-electron chi connectivity index (χ3n) is 2.37. The van der Waals surface area contributed by atoms with Gasteiger partial charge >= 0.3 is 5.97 Å². The summed E-state index contributed by atoms with van der Waals surface area (Å²) in [6, 6.07) is -1.14. The average Bonchev–Trinajstić information content (AvgIpc) is 2.56. The van der Waals surface area contributed by atoms with Gasteiger partial charge in [-0.05, 0) is 13.3 Å². The Labute approximate surface area is 99.5 Å². The van der Waals surface area contributed by atoms with Gasteiger partial charge in [0.15, 0.2) is 5.03 Å². The normalized spacial score (nSPS) is 13.6. The molecule has 17 heavy (non-hydrogen) atoms. The molecule has 0 unspecified atom stereocenters. The lowest BCUT2D eigenvalue weighted by molar-refractivity contribution is -0.139. The van der Waals surface area contributed by atoms with E-state index in [0.29, 0.717) is 5.82 Å². The second kappa shape index (κ2) is 4.84. The monoisotopic (exact) mass is 261 g/mol. The number of carboxylic acids is 1. The molecule has 0 saturated carbocycles. The number of rotatable bonds is 5. The molecule has 96 valence electrons. The van der Waals surface area contributed by atoms with Crippen molar-refractivity contribution in [3.63, 3.8) is 0 Å². The van der Waals surface area contributed by atoms with E-state index in [1.54, 1.807) is 25.5 Å². The highest BCUT2D eigenvalue weighted by molar-refractivity contribution is 7.89. The van der Waals surface area contributed by atoms with Crippen LogP contribution in [0.1, 0.15) is 19.2 Å². The van der Waals surface area contributed by atoms with Crippen LogP contribution < -0.4 is 4.72 Å². The lowest BCUT2D eigenvalue weighted by Crippen LogP contribution is -2.40. The van der Waals surface area contributed by atoms with Crippen molar-refractivity contribution in [2.45, 2.75) is 31.3 Å². The van der Waals surface area contributed by atoms with Crippen molar-refractivity contribution in [3.05, 3.63) is 12.0 Å². The molecule has 2 N–H and O–H groups in total. The molecule has 0 radical (unpaired) electrons. The van der Waals surface area contributed by atoms with Gasteiger partial charge in [-0.3, -0.25) is 4.79 Å². The Morgan fingerprint density at radius 2 is 2.24 bits per heavy atom. The summed E-state index contributed by atoms with van der Waals surface area (Å²) in [7, 11) is -2.22. The zero-order chi connectivity index (χ0) is 13.2. The second-order valence-corrected chi connectivity index (χ2v) is 5.32. The van der Waals surface area contributed by atoms with E-state index >= 15 is 0 Å². The first-order valence-electron chi connectivity index (χ1n) is 5.03. The van der Waals surface area contributed by atoms with Gasteiger partial charge in [0.25, 0.3) is 10.0 Å². The van der Waals surface area contributed by atoms with E-state index in [-0.39, 0.29) is 11.4 Å². The molecule has 1 atom stereocenters.